The van der Waals surface area contributed by atoms with Gasteiger partial charge in [-0.15, -0.1) is 0 Å². The SMILES string of the molecule is CC(C)(C)OC(=O)C[C@H](CO)C(=O)O. The highest BCUT2D eigenvalue weighted by atomic mass is 16.6. The lowest BCUT2D eigenvalue weighted by Crippen LogP contribution is -2.28. The molecule has 0 amide bonds. The average Bonchev–Trinajstić information content (AvgIpc) is 1.96. The van der Waals surface area contributed by atoms with Crippen molar-refractivity contribution in [1.29, 1.82) is 0 Å². The highest BCUT2D eigenvalue weighted by molar-refractivity contribution is 5.79. The lowest BCUT2D eigenvalue weighted by Gasteiger charge is -2.20. The van der Waals surface area contributed by atoms with Gasteiger partial charge in [-0.1, -0.05) is 0 Å². The molecule has 2 N–H and O–H groups in total. The number of hydrogen-bond donors (Lipinski definition) is 2. The molecule has 0 aliphatic rings. The van der Waals surface area contributed by atoms with Crippen molar-refractivity contribution >= 4 is 11.9 Å². The van der Waals surface area contributed by atoms with Crippen LogP contribution in [0.2, 0.25) is 0 Å². The van der Waals surface area contributed by atoms with Gasteiger partial charge in [-0.05, 0) is 20.8 Å². The summed E-state index contributed by atoms with van der Waals surface area (Å²) in [6.07, 6.45) is -0.302. The maximum atomic E-state index is 11.1. The van der Waals surface area contributed by atoms with Crippen molar-refractivity contribution in [3.63, 3.8) is 0 Å². The van der Waals surface area contributed by atoms with Gasteiger partial charge in [0.2, 0.25) is 0 Å². The van der Waals surface area contributed by atoms with E-state index in [-0.39, 0.29) is 6.42 Å². The Labute approximate surface area is 82.7 Å². The second-order valence-corrected chi connectivity index (χ2v) is 4.01. The third-order valence-corrected chi connectivity index (χ3v) is 1.40. The molecule has 0 bridgehead atoms. The molecule has 0 rings (SSSR count). The minimum absolute atomic E-state index is 0.302. The smallest absolute Gasteiger partial charge is 0.309 e. The summed E-state index contributed by atoms with van der Waals surface area (Å²) in [5.41, 5.74) is -0.629. The molecule has 0 spiro atoms. The summed E-state index contributed by atoms with van der Waals surface area (Å²) in [4.78, 5) is 21.6. The summed E-state index contributed by atoms with van der Waals surface area (Å²) < 4.78 is 4.91. The molecule has 0 radical (unpaired) electrons. The van der Waals surface area contributed by atoms with Gasteiger partial charge in [0.05, 0.1) is 18.9 Å². The lowest BCUT2D eigenvalue weighted by molar-refractivity contribution is -0.160. The normalized spacial score (nSPS) is 13.4. The maximum Gasteiger partial charge on any atom is 0.309 e. The molecule has 0 aromatic rings. The highest BCUT2D eigenvalue weighted by Gasteiger charge is 2.24. The minimum Gasteiger partial charge on any atom is -0.481 e. The Kier molecular flexibility index (Phi) is 4.56. The Hall–Kier alpha value is -1.10. The molecule has 0 aromatic heterocycles. The summed E-state index contributed by atoms with van der Waals surface area (Å²) in [7, 11) is 0. The van der Waals surface area contributed by atoms with E-state index in [1.165, 1.54) is 0 Å². The van der Waals surface area contributed by atoms with Crippen LogP contribution in [0.3, 0.4) is 0 Å². The van der Waals surface area contributed by atoms with E-state index in [9.17, 15) is 9.59 Å². The van der Waals surface area contributed by atoms with Crippen LogP contribution in [0, 0.1) is 5.92 Å². The molecular weight excluding hydrogens is 188 g/mol. The fraction of sp³-hybridized carbons (Fsp3) is 0.778. The van der Waals surface area contributed by atoms with Crippen molar-refractivity contribution in [3.8, 4) is 0 Å². The molecule has 0 aromatic carbocycles. The van der Waals surface area contributed by atoms with Crippen LogP contribution in [0.5, 0.6) is 0 Å². The van der Waals surface area contributed by atoms with Gasteiger partial charge in [0, 0.05) is 0 Å². The monoisotopic (exact) mass is 204 g/mol. The van der Waals surface area contributed by atoms with E-state index in [0.29, 0.717) is 0 Å². The zero-order chi connectivity index (χ0) is 11.4. The van der Waals surface area contributed by atoms with Gasteiger partial charge in [-0.2, -0.15) is 0 Å². The molecule has 82 valence electrons. The van der Waals surface area contributed by atoms with Crippen LogP contribution in [0.1, 0.15) is 27.2 Å². The van der Waals surface area contributed by atoms with Crippen LogP contribution >= 0.6 is 0 Å². The molecule has 0 fully saturated rings. The van der Waals surface area contributed by atoms with Gasteiger partial charge in [0.25, 0.3) is 0 Å². The summed E-state index contributed by atoms with van der Waals surface area (Å²) in [6, 6.07) is 0. The number of carboxylic acids is 1. The fourth-order valence-electron chi connectivity index (χ4n) is 0.814. The molecule has 0 saturated carbocycles. The first-order valence-electron chi connectivity index (χ1n) is 4.32. The van der Waals surface area contributed by atoms with Gasteiger partial charge in [0.15, 0.2) is 0 Å². The van der Waals surface area contributed by atoms with Crippen LogP contribution in [0.4, 0.5) is 0 Å². The van der Waals surface area contributed by atoms with Crippen molar-refractivity contribution in [2.24, 2.45) is 5.92 Å². The van der Waals surface area contributed by atoms with Crippen molar-refractivity contribution < 1.29 is 24.5 Å². The number of rotatable bonds is 4. The number of aliphatic carboxylic acids is 1. The topological polar surface area (TPSA) is 83.8 Å². The first kappa shape index (κ1) is 12.9. The van der Waals surface area contributed by atoms with Crippen LogP contribution in [0.25, 0.3) is 0 Å². The molecule has 0 aliphatic carbocycles. The molecule has 5 nitrogen and oxygen atoms in total. The van der Waals surface area contributed by atoms with Gasteiger partial charge < -0.3 is 14.9 Å². The summed E-state index contributed by atoms with van der Waals surface area (Å²) in [5.74, 6) is -2.89. The fourth-order valence-corrected chi connectivity index (χ4v) is 0.814. The number of hydrogen-bond acceptors (Lipinski definition) is 4. The first-order valence-corrected chi connectivity index (χ1v) is 4.32. The predicted molar refractivity (Wildman–Crippen MR) is 48.7 cm³/mol. The lowest BCUT2D eigenvalue weighted by atomic mass is 10.1. The van der Waals surface area contributed by atoms with Gasteiger partial charge in [0.1, 0.15) is 5.60 Å². The van der Waals surface area contributed by atoms with E-state index < -0.39 is 30.1 Å². The number of carboxylic acid groups (broad SMARTS) is 1. The largest absolute Gasteiger partial charge is 0.481 e. The molecular formula is C9H16O5. The number of ether oxygens (including phenoxy) is 1. The molecule has 0 saturated heterocycles. The number of aliphatic hydroxyl groups excluding tert-OH is 1. The van der Waals surface area contributed by atoms with Crippen LogP contribution in [-0.2, 0) is 14.3 Å². The second kappa shape index (κ2) is 4.95. The Bertz CT molecular complexity index is 216. The molecule has 0 unspecified atom stereocenters. The number of esters is 1. The second-order valence-electron chi connectivity index (χ2n) is 4.01. The maximum absolute atomic E-state index is 11.1. The quantitative estimate of drug-likeness (QED) is 0.648. The molecule has 0 heterocycles. The molecule has 0 aliphatic heterocycles. The number of carbonyl (C=O) groups excluding carboxylic acids is 1. The Morgan fingerprint density at radius 3 is 2.14 bits per heavy atom. The molecule has 5 heteroatoms. The standard InChI is InChI=1S/C9H16O5/c1-9(2,3)14-7(11)4-6(5-10)8(12)13/h6,10H,4-5H2,1-3H3,(H,12,13)/t6-/m1/s1. The minimum atomic E-state index is -1.20. The van der Waals surface area contributed by atoms with E-state index in [4.69, 9.17) is 14.9 Å². The predicted octanol–water partition coefficient (Wildman–Crippen LogP) is 0.411. The number of carbonyl (C=O) groups is 2. The number of aliphatic hydroxyl groups is 1. The van der Waals surface area contributed by atoms with Crippen LogP contribution < -0.4 is 0 Å². The van der Waals surface area contributed by atoms with Gasteiger partial charge >= 0.3 is 11.9 Å². The summed E-state index contributed by atoms with van der Waals surface area (Å²) in [5, 5.41) is 17.2. The van der Waals surface area contributed by atoms with Gasteiger partial charge in [-0.3, -0.25) is 9.59 Å². The van der Waals surface area contributed by atoms with Crippen molar-refractivity contribution in [1.82, 2.24) is 0 Å². The zero-order valence-corrected chi connectivity index (χ0v) is 8.61. The van der Waals surface area contributed by atoms with Crippen molar-refractivity contribution in [2.45, 2.75) is 32.8 Å². The van der Waals surface area contributed by atoms with Crippen molar-refractivity contribution in [2.75, 3.05) is 6.61 Å². The van der Waals surface area contributed by atoms with Crippen molar-refractivity contribution in [3.05, 3.63) is 0 Å². The van der Waals surface area contributed by atoms with Gasteiger partial charge in [-0.25, -0.2) is 0 Å². The third-order valence-electron chi connectivity index (χ3n) is 1.40. The Morgan fingerprint density at radius 2 is 1.86 bits per heavy atom. The third kappa shape index (κ3) is 5.53. The zero-order valence-electron chi connectivity index (χ0n) is 8.61. The van der Waals surface area contributed by atoms with Crippen LogP contribution in [0.15, 0.2) is 0 Å². The van der Waals surface area contributed by atoms with E-state index in [2.05, 4.69) is 0 Å². The van der Waals surface area contributed by atoms with Crippen LogP contribution in [-0.4, -0.2) is 34.4 Å². The van der Waals surface area contributed by atoms with E-state index in [1.807, 2.05) is 0 Å². The summed E-state index contributed by atoms with van der Waals surface area (Å²) in [6.45, 7) is 4.52. The van der Waals surface area contributed by atoms with E-state index in [0.717, 1.165) is 0 Å². The Balaban J connectivity index is 4.11. The van der Waals surface area contributed by atoms with E-state index in [1.54, 1.807) is 20.8 Å². The first-order chi connectivity index (χ1) is 6.26. The average molecular weight is 204 g/mol. The van der Waals surface area contributed by atoms with E-state index >= 15 is 0 Å². The highest BCUT2D eigenvalue weighted by Crippen LogP contribution is 2.11. The summed E-state index contributed by atoms with van der Waals surface area (Å²) >= 11 is 0. The molecule has 1 atom stereocenters. The molecule has 14 heavy (non-hydrogen) atoms. The Morgan fingerprint density at radius 1 is 1.36 bits per heavy atom.